The van der Waals surface area contributed by atoms with Gasteiger partial charge < -0.3 is 9.84 Å². The van der Waals surface area contributed by atoms with Gasteiger partial charge in [-0.3, -0.25) is 4.72 Å². The van der Waals surface area contributed by atoms with Crippen molar-refractivity contribution in [2.75, 3.05) is 10.0 Å². The summed E-state index contributed by atoms with van der Waals surface area (Å²) in [7, 11) is -3.60. The highest BCUT2D eigenvalue weighted by Crippen LogP contribution is 2.21. The Kier molecular flexibility index (Phi) is 4.76. The van der Waals surface area contributed by atoms with Gasteiger partial charge in [0.05, 0.1) is 4.90 Å². The lowest BCUT2D eigenvalue weighted by atomic mass is 10.2. The Morgan fingerprint density at radius 1 is 1.00 bits per heavy atom. The van der Waals surface area contributed by atoms with E-state index in [1.165, 1.54) is 0 Å². The zero-order valence-corrected chi connectivity index (χ0v) is 14.8. The number of hydrogen-bond acceptors (Lipinski definition) is 5. The smallest absolute Gasteiger partial charge is 0.261 e. The zero-order valence-electron chi connectivity index (χ0n) is 14.0. The Morgan fingerprint density at radius 3 is 2.20 bits per heavy atom. The molecule has 0 aliphatic rings. The predicted octanol–water partition coefficient (Wildman–Crippen LogP) is 4.09. The number of rotatable bonds is 6. The van der Waals surface area contributed by atoms with Crippen molar-refractivity contribution in [1.82, 2.24) is 5.16 Å². The third-order valence-electron chi connectivity index (χ3n) is 3.68. The van der Waals surface area contributed by atoms with Gasteiger partial charge in [-0.25, -0.2) is 8.42 Å². The van der Waals surface area contributed by atoms with Gasteiger partial charge in [0.1, 0.15) is 5.76 Å². The molecule has 1 heterocycles. The number of benzene rings is 2. The van der Waals surface area contributed by atoms with Gasteiger partial charge in [-0.05, 0) is 55.3 Å². The van der Waals surface area contributed by atoms with Crippen LogP contribution in [0, 0.1) is 6.92 Å². The monoisotopic (exact) mass is 357 g/mol. The lowest BCUT2D eigenvalue weighted by Crippen LogP contribution is -2.12. The molecule has 3 aromatic rings. The maximum absolute atomic E-state index is 12.4. The summed E-state index contributed by atoms with van der Waals surface area (Å²) in [6.45, 7) is 3.83. The summed E-state index contributed by atoms with van der Waals surface area (Å²) in [4.78, 5) is 0.241. The van der Waals surface area contributed by atoms with E-state index in [0.717, 1.165) is 17.7 Å². The maximum Gasteiger partial charge on any atom is 0.261 e. The minimum Gasteiger partial charge on any atom is -0.360 e. The van der Waals surface area contributed by atoms with Gasteiger partial charge in [-0.15, -0.1) is 0 Å². The number of nitrogens with one attached hydrogen (secondary N) is 2. The SMILES string of the molecule is CCc1ccc(S(=O)(=O)Nc2ccc(Nc3cc(C)on3)cc2)cc1. The average molecular weight is 357 g/mol. The summed E-state index contributed by atoms with van der Waals surface area (Å²) in [6, 6.07) is 15.6. The van der Waals surface area contributed by atoms with E-state index in [0.29, 0.717) is 17.3 Å². The van der Waals surface area contributed by atoms with Gasteiger partial charge >= 0.3 is 0 Å². The topological polar surface area (TPSA) is 84.2 Å². The van der Waals surface area contributed by atoms with Crippen LogP contribution in [-0.2, 0) is 16.4 Å². The number of nitrogens with zero attached hydrogens (tertiary/aromatic N) is 1. The first kappa shape index (κ1) is 17.0. The first-order valence-electron chi connectivity index (χ1n) is 7.88. The van der Waals surface area contributed by atoms with E-state index < -0.39 is 10.0 Å². The Bertz CT molecular complexity index is 946. The first-order chi connectivity index (χ1) is 12.0. The van der Waals surface area contributed by atoms with Crippen molar-refractivity contribution in [2.45, 2.75) is 25.2 Å². The average Bonchev–Trinajstić information content (AvgIpc) is 3.01. The molecule has 2 aromatic carbocycles. The Balaban J connectivity index is 1.71. The van der Waals surface area contributed by atoms with Crippen LogP contribution in [0.2, 0.25) is 0 Å². The molecule has 0 saturated heterocycles. The molecule has 0 bridgehead atoms. The van der Waals surface area contributed by atoms with Crippen LogP contribution in [0.5, 0.6) is 0 Å². The van der Waals surface area contributed by atoms with Gasteiger partial charge in [0.15, 0.2) is 5.82 Å². The molecular formula is C18H19N3O3S. The van der Waals surface area contributed by atoms with Crippen molar-refractivity contribution in [3.63, 3.8) is 0 Å². The van der Waals surface area contributed by atoms with Crippen LogP contribution in [0.25, 0.3) is 0 Å². The molecule has 0 aliphatic carbocycles. The third-order valence-corrected chi connectivity index (χ3v) is 5.08. The number of sulfonamides is 1. The van der Waals surface area contributed by atoms with Crippen molar-refractivity contribution < 1.29 is 12.9 Å². The molecule has 0 spiro atoms. The second-order valence-corrected chi connectivity index (χ2v) is 7.31. The molecule has 3 rings (SSSR count). The van der Waals surface area contributed by atoms with E-state index >= 15 is 0 Å². The van der Waals surface area contributed by atoms with E-state index in [2.05, 4.69) is 15.2 Å². The quantitative estimate of drug-likeness (QED) is 0.694. The molecule has 6 nitrogen and oxygen atoms in total. The van der Waals surface area contributed by atoms with Gasteiger partial charge in [0.25, 0.3) is 10.0 Å². The van der Waals surface area contributed by atoms with Crippen molar-refractivity contribution >= 4 is 27.2 Å². The van der Waals surface area contributed by atoms with Crippen LogP contribution >= 0.6 is 0 Å². The highest BCUT2D eigenvalue weighted by Gasteiger charge is 2.14. The van der Waals surface area contributed by atoms with Crippen molar-refractivity contribution in [2.24, 2.45) is 0 Å². The largest absolute Gasteiger partial charge is 0.360 e. The Labute approximate surface area is 146 Å². The van der Waals surface area contributed by atoms with Gasteiger partial charge in [-0.2, -0.15) is 0 Å². The molecule has 0 atom stereocenters. The molecular weight excluding hydrogens is 338 g/mol. The molecule has 0 radical (unpaired) electrons. The zero-order chi connectivity index (χ0) is 17.9. The lowest BCUT2D eigenvalue weighted by Gasteiger charge is -2.09. The summed E-state index contributed by atoms with van der Waals surface area (Å²) < 4.78 is 32.4. The first-order valence-corrected chi connectivity index (χ1v) is 9.37. The number of aromatic nitrogens is 1. The second-order valence-electron chi connectivity index (χ2n) is 5.63. The summed E-state index contributed by atoms with van der Waals surface area (Å²) in [5, 5.41) is 6.93. The van der Waals surface area contributed by atoms with Crippen LogP contribution in [0.3, 0.4) is 0 Å². The van der Waals surface area contributed by atoms with E-state index in [9.17, 15) is 8.42 Å². The molecule has 0 fully saturated rings. The molecule has 0 aliphatic heterocycles. The summed E-state index contributed by atoms with van der Waals surface area (Å²) >= 11 is 0. The molecule has 25 heavy (non-hydrogen) atoms. The van der Waals surface area contributed by atoms with Gasteiger partial charge in [-0.1, -0.05) is 24.2 Å². The molecule has 2 N–H and O–H groups in total. The van der Waals surface area contributed by atoms with Crippen LogP contribution in [0.1, 0.15) is 18.2 Å². The van der Waals surface area contributed by atoms with E-state index in [4.69, 9.17) is 4.52 Å². The predicted molar refractivity (Wildman–Crippen MR) is 97.6 cm³/mol. The molecule has 0 amide bonds. The van der Waals surface area contributed by atoms with E-state index in [1.54, 1.807) is 42.5 Å². The van der Waals surface area contributed by atoms with Crippen LogP contribution in [0.4, 0.5) is 17.2 Å². The summed E-state index contributed by atoms with van der Waals surface area (Å²) in [5.41, 5.74) is 2.36. The fraction of sp³-hybridized carbons (Fsp3) is 0.167. The Morgan fingerprint density at radius 2 is 1.64 bits per heavy atom. The van der Waals surface area contributed by atoms with Gasteiger partial charge in [0, 0.05) is 17.4 Å². The van der Waals surface area contributed by atoms with Crippen molar-refractivity contribution in [3.8, 4) is 0 Å². The fourth-order valence-corrected chi connectivity index (χ4v) is 3.37. The second kappa shape index (κ2) is 6.98. The summed E-state index contributed by atoms with van der Waals surface area (Å²) in [5.74, 6) is 1.31. The van der Waals surface area contributed by atoms with Gasteiger partial charge in [0.2, 0.25) is 0 Å². The van der Waals surface area contributed by atoms with E-state index in [1.807, 2.05) is 26.0 Å². The standard InChI is InChI=1S/C18H19N3O3S/c1-3-14-4-10-17(11-5-14)25(22,23)21-16-8-6-15(7-9-16)19-18-12-13(2)24-20-18/h4-12,21H,3H2,1-2H3,(H,19,20). The molecule has 130 valence electrons. The molecule has 0 saturated carbocycles. The molecule has 7 heteroatoms. The molecule has 0 unspecified atom stereocenters. The van der Waals surface area contributed by atoms with Crippen LogP contribution in [0.15, 0.2) is 64.0 Å². The molecule has 1 aromatic heterocycles. The fourth-order valence-electron chi connectivity index (χ4n) is 2.31. The number of anilines is 3. The maximum atomic E-state index is 12.4. The summed E-state index contributed by atoms with van der Waals surface area (Å²) in [6.07, 6.45) is 0.868. The van der Waals surface area contributed by atoms with Crippen LogP contribution < -0.4 is 10.0 Å². The van der Waals surface area contributed by atoms with Crippen molar-refractivity contribution in [1.29, 1.82) is 0 Å². The third kappa shape index (κ3) is 4.19. The normalized spacial score (nSPS) is 11.3. The highest BCUT2D eigenvalue weighted by atomic mass is 32.2. The Hall–Kier alpha value is -2.80. The number of aryl methyl sites for hydroxylation is 2. The number of hydrogen-bond donors (Lipinski definition) is 2. The van der Waals surface area contributed by atoms with Crippen LogP contribution in [-0.4, -0.2) is 13.6 Å². The highest BCUT2D eigenvalue weighted by molar-refractivity contribution is 7.92. The minimum atomic E-state index is -3.60. The van der Waals surface area contributed by atoms with Crippen molar-refractivity contribution in [3.05, 3.63) is 65.9 Å². The lowest BCUT2D eigenvalue weighted by molar-refractivity contribution is 0.400. The van der Waals surface area contributed by atoms with E-state index in [-0.39, 0.29) is 4.90 Å². The minimum absolute atomic E-state index is 0.241.